The second-order valence-corrected chi connectivity index (χ2v) is 4.43. The van der Waals surface area contributed by atoms with Crippen LogP contribution >= 0.6 is 0 Å². The molecule has 0 aromatic carbocycles. The zero-order chi connectivity index (χ0) is 9.19. The Bertz CT molecular complexity index is 133. The van der Waals surface area contributed by atoms with E-state index >= 15 is 0 Å². The van der Waals surface area contributed by atoms with Crippen LogP contribution in [0.15, 0.2) is 0 Å². The van der Waals surface area contributed by atoms with Gasteiger partial charge in [-0.15, -0.1) is 0 Å². The van der Waals surface area contributed by atoms with Crippen molar-refractivity contribution in [2.45, 2.75) is 32.4 Å². The highest BCUT2D eigenvalue weighted by Crippen LogP contribution is 2.14. The largest absolute Gasteiger partial charge is 0.313 e. The molecule has 0 unspecified atom stereocenters. The monoisotopic (exact) mass is 171 g/mol. The molecule has 1 rings (SSSR count). The average molecular weight is 171 g/mol. The highest BCUT2D eigenvalue weighted by molar-refractivity contribution is 4.84. The minimum absolute atomic E-state index is 0.395. The maximum atomic E-state index is 5.82. The Morgan fingerprint density at radius 2 is 1.75 bits per heavy atom. The summed E-state index contributed by atoms with van der Waals surface area (Å²) in [5, 5.41) is 0. The van der Waals surface area contributed by atoms with E-state index in [9.17, 15) is 0 Å². The quantitative estimate of drug-likeness (QED) is 0.590. The van der Waals surface area contributed by atoms with E-state index in [1.807, 2.05) is 0 Å². The van der Waals surface area contributed by atoms with Gasteiger partial charge in [-0.2, -0.15) is 0 Å². The SMILES string of the molecule is CC(C)CN1CCC(N)(N)CC1. The molecule has 12 heavy (non-hydrogen) atoms. The smallest absolute Gasteiger partial charge is 0.0661 e. The first kappa shape index (κ1) is 9.96. The number of nitrogens with zero attached hydrogens (tertiary/aromatic N) is 1. The van der Waals surface area contributed by atoms with Crippen molar-refractivity contribution in [3.63, 3.8) is 0 Å². The van der Waals surface area contributed by atoms with Crippen LogP contribution in [0.4, 0.5) is 0 Å². The van der Waals surface area contributed by atoms with Crippen LogP contribution in [0.3, 0.4) is 0 Å². The number of hydrogen-bond donors (Lipinski definition) is 2. The molecule has 1 saturated heterocycles. The molecule has 0 amide bonds. The lowest BCUT2D eigenvalue weighted by Gasteiger charge is -2.37. The lowest BCUT2D eigenvalue weighted by Crippen LogP contribution is -2.57. The van der Waals surface area contributed by atoms with E-state index in [1.54, 1.807) is 0 Å². The number of nitrogens with two attached hydrogens (primary N) is 2. The Hall–Kier alpha value is -0.120. The molecule has 3 heteroatoms. The first-order valence-electron chi connectivity index (χ1n) is 4.80. The maximum Gasteiger partial charge on any atom is 0.0661 e. The lowest BCUT2D eigenvalue weighted by atomic mass is 9.98. The molecule has 4 N–H and O–H groups in total. The van der Waals surface area contributed by atoms with Crippen LogP contribution in [0.1, 0.15) is 26.7 Å². The summed E-state index contributed by atoms with van der Waals surface area (Å²) in [5.74, 6) is 0.744. The van der Waals surface area contributed by atoms with Gasteiger partial charge in [0.15, 0.2) is 0 Å². The van der Waals surface area contributed by atoms with Crippen LogP contribution in [0.25, 0.3) is 0 Å². The van der Waals surface area contributed by atoms with Crippen LogP contribution in [0.2, 0.25) is 0 Å². The molecule has 1 heterocycles. The fourth-order valence-electron chi connectivity index (χ4n) is 1.67. The number of piperidine rings is 1. The molecule has 1 aliphatic heterocycles. The van der Waals surface area contributed by atoms with Crippen LogP contribution in [0, 0.1) is 5.92 Å². The highest BCUT2D eigenvalue weighted by atomic mass is 15.2. The van der Waals surface area contributed by atoms with E-state index in [2.05, 4.69) is 18.7 Å². The maximum absolute atomic E-state index is 5.82. The Morgan fingerprint density at radius 1 is 1.25 bits per heavy atom. The number of hydrogen-bond acceptors (Lipinski definition) is 3. The molecule has 0 bridgehead atoms. The van der Waals surface area contributed by atoms with E-state index in [-0.39, 0.29) is 0 Å². The highest BCUT2D eigenvalue weighted by Gasteiger charge is 2.26. The summed E-state index contributed by atoms with van der Waals surface area (Å²) in [6.07, 6.45) is 1.86. The van der Waals surface area contributed by atoms with Crippen molar-refractivity contribution in [3.8, 4) is 0 Å². The lowest BCUT2D eigenvalue weighted by molar-refractivity contribution is 0.151. The standard InChI is InChI=1S/C9H21N3/c1-8(2)7-12-5-3-9(10,11)4-6-12/h8H,3-7,10-11H2,1-2H3. The van der Waals surface area contributed by atoms with Gasteiger partial charge in [-0.25, -0.2) is 0 Å². The molecule has 1 aliphatic rings. The fourth-order valence-corrected chi connectivity index (χ4v) is 1.67. The zero-order valence-corrected chi connectivity index (χ0v) is 8.21. The number of rotatable bonds is 2. The summed E-state index contributed by atoms with van der Waals surface area (Å²) in [6.45, 7) is 7.78. The third-order valence-corrected chi connectivity index (χ3v) is 2.41. The molecule has 0 spiro atoms. The normalized spacial score (nSPS) is 24.8. The van der Waals surface area contributed by atoms with Crippen molar-refractivity contribution in [2.75, 3.05) is 19.6 Å². The summed E-state index contributed by atoms with van der Waals surface area (Å²) < 4.78 is 0. The predicted molar refractivity (Wildman–Crippen MR) is 51.6 cm³/mol. The topological polar surface area (TPSA) is 55.3 Å². The third kappa shape index (κ3) is 3.09. The molecular weight excluding hydrogens is 150 g/mol. The number of likely N-dealkylation sites (tertiary alicyclic amines) is 1. The van der Waals surface area contributed by atoms with Crippen molar-refractivity contribution in [3.05, 3.63) is 0 Å². The summed E-state index contributed by atoms with van der Waals surface area (Å²) in [5.41, 5.74) is 11.2. The van der Waals surface area contributed by atoms with Crippen molar-refractivity contribution in [1.82, 2.24) is 4.90 Å². The Labute approximate surface area is 75.1 Å². The van der Waals surface area contributed by atoms with Gasteiger partial charge in [0.2, 0.25) is 0 Å². The van der Waals surface area contributed by atoms with E-state index < -0.39 is 5.66 Å². The molecule has 3 nitrogen and oxygen atoms in total. The molecule has 0 aromatic heterocycles. The molecule has 0 aliphatic carbocycles. The van der Waals surface area contributed by atoms with Gasteiger partial charge in [0.1, 0.15) is 0 Å². The van der Waals surface area contributed by atoms with Gasteiger partial charge in [0, 0.05) is 19.6 Å². The third-order valence-electron chi connectivity index (χ3n) is 2.41. The Kier molecular flexibility index (Phi) is 3.09. The van der Waals surface area contributed by atoms with Crippen molar-refractivity contribution < 1.29 is 0 Å². The summed E-state index contributed by atoms with van der Waals surface area (Å²) in [7, 11) is 0. The summed E-state index contributed by atoms with van der Waals surface area (Å²) in [4.78, 5) is 2.45. The average Bonchev–Trinajstić information content (AvgIpc) is 1.93. The minimum Gasteiger partial charge on any atom is -0.313 e. The van der Waals surface area contributed by atoms with Gasteiger partial charge in [-0.1, -0.05) is 13.8 Å². The van der Waals surface area contributed by atoms with E-state index in [4.69, 9.17) is 11.5 Å². The summed E-state index contributed by atoms with van der Waals surface area (Å²) in [6, 6.07) is 0. The van der Waals surface area contributed by atoms with Gasteiger partial charge in [-0.3, -0.25) is 0 Å². The van der Waals surface area contributed by atoms with Crippen molar-refractivity contribution in [2.24, 2.45) is 17.4 Å². The first-order valence-corrected chi connectivity index (χ1v) is 4.80. The van der Waals surface area contributed by atoms with Crippen molar-refractivity contribution >= 4 is 0 Å². The van der Waals surface area contributed by atoms with E-state index in [0.29, 0.717) is 0 Å². The molecule has 72 valence electrons. The van der Waals surface area contributed by atoms with Crippen molar-refractivity contribution in [1.29, 1.82) is 0 Å². The minimum atomic E-state index is -0.395. The van der Waals surface area contributed by atoms with Gasteiger partial charge in [0.25, 0.3) is 0 Å². The second kappa shape index (κ2) is 3.73. The van der Waals surface area contributed by atoms with Gasteiger partial charge >= 0.3 is 0 Å². The zero-order valence-electron chi connectivity index (χ0n) is 8.21. The first-order chi connectivity index (χ1) is 5.49. The van der Waals surface area contributed by atoms with Crippen LogP contribution in [0.5, 0.6) is 0 Å². The Morgan fingerprint density at radius 3 is 2.17 bits per heavy atom. The second-order valence-electron chi connectivity index (χ2n) is 4.43. The van der Waals surface area contributed by atoms with Gasteiger partial charge in [-0.05, 0) is 18.8 Å². The molecule has 0 atom stereocenters. The molecule has 0 aromatic rings. The molecule has 1 fully saturated rings. The van der Waals surface area contributed by atoms with Crippen LogP contribution < -0.4 is 11.5 Å². The fraction of sp³-hybridized carbons (Fsp3) is 1.00. The predicted octanol–water partition coefficient (Wildman–Crippen LogP) is 0.352. The van der Waals surface area contributed by atoms with Gasteiger partial charge < -0.3 is 16.4 Å². The molecule has 0 saturated carbocycles. The summed E-state index contributed by atoms with van der Waals surface area (Å²) >= 11 is 0. The van der Waals surface area contributed by atoms with Crippen LogP contribution in [-0.4, -0.2) is 30.2 Å². The van der Waals surface area contributed by atoms with Crippen LogP contribution in [-0.2, 0) is 0 Å². The van der Waals surface area contributed by atoms with E-state index in [0.717, 1.165) is 31.8 Å². The van der Waals surface area contributed by atoms with Gasteiger partial charge in [0.05, 0.1) is 5.66 Å². The molecule has 0 radical (unpaired) electrons. The molecular formula is C9H21N3. The van der Waals surface area contributed by atoms with E-state index in [1.165, 1.54) is 6.54 Å². The Balaban J connectivity index is 2.27.